The molecule has 23 heavy (non-hydrogen) atoms. The van der Waals surface area contributed by atoms with Crippen LogP contribution in [0.3, 0.4) is 0 Å². The van der Waals surface area contributed by atoms with Crippen LogP contribution in [0.5, 0.6) is 5.75 Å². The van der Waals surface area contributed by atoms with Crippen LogP contribution in [0.1, 0.15) is 18.4 Å². The summed E-state index contributed by atoms with van der Waals surface area (Å²) in [6.45, 7) is 0.0968. The Morgan fingerprint density at radius 2 is 1.78 bits per heavy atom. The largest absolute Gasteiger partial charge is 0.484 e. The third-order valence-corrected chi connectivity index (χ3v) is 3.78. The molecule has 2 aromatic rings. The average molecular weight is 317 g/mol. The van der Waals surface area contributed by atoms with Gasteiger partial charge in [-0.15, -0.1) is 0 Å². The maximum absolute atomic E-state index is 13.8. The van der Waals surface area contributed by atoms with E-state index in [0.29, 0.717) is 11.3 Å². The predicted molar refractivity (Wildman–Crippen MR) is 81.9 cm³/mol. The van der Waals surface area contributed by atoms with Gasteiger partial charge in [-0.1, -0.05) is 18.2 Å². The Balaban J connectivity index is 1.63. The SMILES string of the molecule is O=C(COc1ccc(F)cc1)N(Cc1ccccc1F)C1CC1. The molecule has 1 aliphatic rings. The number of hydrogen-bond donors (Lipinski definition) is 0. The molecule has 0 N–H and O–H groups in total. The summed E-state index contributed by atoms with van der Waals surface area (Å²) < 4.78 is 32.0. The van der Waals surface area contributed by atoms with Crippen molar-refractivity contribution in [3.05, 3.63) is 65.7 Å². The highest BCUT2D eigenvalue weighted by atomic mass is 19.1. The van der Waals surface area contributed by atoms with Crippen LogP contribution in [0.25, 0.3) is 0 Å². The van der Waals surface area contributed by atoms with Crippen molar-refractivity contribution in [1.29, 1.82) is 0 Å². The second-order valence-corrected chi connectivity index (χ2v) is 5.59. The van der Waals surface area contributed by atoms with E-state index in [2.05, 4.69) is 0 Å². The normalized spacial score (nSPS) is 13.7. The second-order valence-electron chi connectivity index (χ2n) is 5.59. The van der Waals surface area contributed by atoms with Crippen LogP contribution >= 0.6 is 0 Å². The van der Waals surface area contributed by atoms with Crippen molar-refractivity contribution in [2.75, 3.05) is 6.61 Å². The van der Waals surface area contributed by atoms with Crippen LogP contribution in [0.4, 0.5) is 8.78 Å². The molecule has 0 atom stereocenters. The smallest absolute Gasteiger partial charge is 0.261 e. The van der Waals surface area contributed by atoms with Crippen LogP contribution in [0, 0.1) is 11.6 Å². The monoisotopic (exact) mass is 317 g/mol. The number of carbonyl (C=O) groups excluding carboxylic acids is 1. The van der Waals surface area contributed by atoms with Gasteiger partial charge in [-0.2, -0.15) is 0 Å². The molecule has 1 saturated carbocycles. The number of benzene rings is 2. The van der Waals surface area contributed by atoms with Gasteiger partial charge in [0.05, 0.1) is 0 Å². The average Bonchev–Trinajstić information content (AvgIpc) is 3.38. The summed E-state index contributed by atoms with van der Waals surface area (Å²) in [7, 11) is 0. The van der Waals surface area contributed by atoms with Crippen LogP contribution in [0.15, 0.2) is 48.5 Å². The van der Waals surface area contributed by atoms with E-state index < -0.39 is 0 Å². The summed E-state index contributed by atoms with van der Waals surface area (Å²) in [5.41, 5.74) is 0.495. The minimum absolute atomic E-state index is 0.142. The first-order valence-electron chi connectivity index (χ1n) is 7.55. The molecule has 0 spiro atoms. The van der Waals surface area contributed by atoms with Gasteiger partial charge in [-0.3, -0.25) is 4.79 Å². The molecule has 120 valence electrons. The van der Waals surface area contributed by atoms with E-state index in [9.17, 15) is 13.6 Å². The Morgan fingerprint density at radius 1 is 1.09 bits per heavy atom. The van der Waals surface area contributed by atoms with E-state index in [1.54, 1.807) is 23.1 Å². The Kier molecular flexibility index (Phi) is 4.55. The zero-order valence-electron chi connectivity index (χ0n) is 12.5. The van der Waals surface area contributed by atoms with Crippen molar-refractivity contribution < 1.29 is 18.3 Å². The molecule has 5 heteroatoms. The van der Waals surface area contributed by atoms with Gasteiger partial charge < -0.3 is 9.64 Å². The molecule has 0 radical (unpaired) electrons. The molecule has 3 rings (SSSR count). The molecule has 3 nitrogen and oxygen atoms in total. The fraction of sp³-hybridized carbons (Fsp3) is 0.278. The minimum atomic E-state index is -0.358. The predicted octanol–water partition coefficient (Wildman–Crippen LogP) is 3.53. The van der Waals surface area contributed by atoms with Crippen LogP contribution in [-0.2, 0) is 11.3 Å². The van der Waals surface area contributed by atoms with Gasteiger partial charge in [0.25, 0.3) is 5.91 Å². The first-order valence-corrected chi connectivity index (χ1v) is 7.55. The highest BCUT2D eigenvalue weighted by Crippen LogP contribution is 2.29. The van der Waals surface area contributed by atoms with Gasteiger partial charge in [0, 0.05) is 18.2 Å². The lowest BCUT2D eigenvalue weighted by Crippen LogP contribution is -2.36. The molecular weight excluding hydrogens is 300 g/mol. The van der Waals surface area contributed by atoms with Gasteiger partial charge in [-0.25, -0.2) is 8.78 Å². The van der Waals surface area contributed by atoms with E-state index in [0.717, 1.165) is 12.8 Å². The quantitative estimate of drug-likeness (QED) is 0.815. The number of halogens is 2. The maximum atomic E-state index is 13.8. The molecule has 1 aliphatic carbocycles. The van der Waals surface area contributed by atoms with E-state index in [4.69, 9.17) is 4.74 Å². The third-order valence-electron chi connectivity index (χ3n) is 3.78. The molecule has 0 saturated heterocycles. The minimum Gasteiger partial charge on any atom is -0.484 e. The van der Waals surface area contributed by atoms with Crippen molar-refractivity contribution in [3.63, 3.8) is 0 Å². The maximum Gasteiger partial charge on any atom is 0.261 e. The topological polar surface area (TPSA) is 29.5 Å². The molecule has 0 heterocycles. The van der Waals surface area contributed by atoms with Gasteiger partial charge in [0.15, 0.2) is 6.61 Å². The summed E-state index contributed by atoms with van der Waals surface area (Å²) in [5.74, 6) is -0.435. The molecule has 0 aliphatic heterocycles. The lowest BCUT2D eigenvalue weighted by Gasteiger charge is -2.23. The highest BCUT2D eigenvalue weighted by Gasteiger charge is 2.33. The number of nitrogens with zero attached hydrogens (tertiary/aromatic N) is 1. The van der Waals surface area contributed by atoms with Gasteiger partial charge >= 0.3 is 0 Å². The van der Waals surface area contributed by atoms with Gasteiger partial charge in [-0.05, 0) is 43.2 Å². The molecule has 2 aromatic carbocycles. The van der Waals surface area contributed by atoms with Crippen LogP contribution < -0.4 is 4.74 Å². The number of hydrogen-bond acceptors (Lipinski definition) is 2. The van der Waals surface area contributed by atoms with Crippen LogP contribution in [-0.4, -0.2) is 23.5 Å². The fourth-order valence-corrected chi connectivity index (χ4v) is 2.38. The number of carbonyl (C=O) groups is 1. The zero-order valence-corrected chi connectivity index (χ0v) is 12.5. The highest BCUT2D eigenvalue weighted by molar-refractivity contribution is 5.78. The van der Waals surface area contributed by atoms with Crippen molar-refractivity contribution in [1.82, 2.24) is 4.90 Å². The summed E-state index contributed by atoms with van der Waals surface area (Å²) in [6.07, 6.45) is 1.85. The first kappa shape index (κ1) is 15.5. The molecule has 1 amide bonds. The Labute approximate surface area is 133 Å². The van der Waals surface area contributed by atoms with E-state index in [1.165, 1.54) is 30.3 Å². The molecular formula is C18H17F2NO2. The van der Waals surface area contributed by atoms with E-state index in [-0.39, 0.29) is 36.7 Å². The second kappa shape index (κ2) is 6.77. The fourth-order valence-electron chi connectivity index (χ4n) is 2.38. The number of ether oxygens (including phenoxy) is 1. The summed E-state index contributed by atoms with van der Waals surface area (Å²) >= 11 is 0. The number of amides is 1. The standard InChI is InChI=1S/C18H17F2NO2/c19-14-5-9-16(10-6-14)23-12-18(22)21(15-7-8-15)11-13-3-1-2-4-17(13)20/h1-6,9-10,15H,7-8,11-12H2. The summed E-state index contributed by atoms with van der Waals surface area (Å²) in [5, 5.41) is 0. The Bertz CT molecular complexity index is 684. The zero-order chi connectivity index (χ0) is 16.2. The van der Waals surface area contributed by atoms with Crippen molar-refractivity contribution in [2.24, 2.45) is 0 Å². The summed E-state index contributed by atoms with van der Waals surface area (Å²) in [4.78, 5) is 14.0. The summed E-state index contributed by atoms with van der Waals surface area (Å²) in [6, 6.07) is 12.1. The molecule has 1 fully saturated rings. The lowest BCUT2D eigenvalue weighted by atomic mass is 10.2. The number of rotatable bonds is 6. The van der Waals surface area contributed by atoms with E-state index in [1.807, 2.05) is 0 Å². The van der Waals surface area contributed by atoms with Crippen LogP contribution in [0.2, 0.25) is 0 Å². The van der Waals surface area contributed by atoms with Crippen molar-refractivity contribution in [3.8, 4) is 5.75 Å². The first-order chi connectivity index (χ1) is 11.1. The van der Waals surface area contributed by atoms with E-state index >= 15 is 0 Å². The molecule has 0 bridgehead atoms. The molecule has 0 unspecified atom stereocenters. The molecule has 0 aromatic heterocycles. The third kappa shape index (κ3) is 4.06. The Morgan fingerprint density at radius 3 is 2.43 bits per heavy atom. The Hall–Kier alpha value is -2.43. The van der Waals surface area contributed by atoms with Crippen molar-refractivity contribution >= 4 is 5.91 Å². The lowest BCUT2D eigenvalue weighted by molar-refractivity contribution is -0.134. The van der Waals surface area contributed by atoms with Gasteiger partial charge in [0.1, 0.15) is 17.4 Å². The van der Waals surface area contributed by atoms with Crippen molar-refractivity contribution in [2.45, 2.75) is 25.4 Å². The van der Waals surface area contributed by atoms with Gasteiger partial charge in [0.2, 0.25) is 0 Å².